The Balaban J connectivity index is 2.46. The molecule has 0 amide bonds. The fourth-order valence-corrected chi connectivity index (χ4v) is 29.2. The second-order valence-corrected chi connectivity index (χ2v) is 33.6. The highest BCUT2D eigenvalue weighted by Crippen LogP contribution is 2.24. The van der Waals surface area contributed by atoms with Crippen molar-refractivity contribution in [1.82, 2.24) is 9.63 Å². The Bertz CT molecular complexity index is 579. The van der Waals surface area contributed by atoms with Crippen LogP contribution in [-0.4, -0.2) is 90.2 Å². The summed E-state index contributed by atoms with van der Waals surface area (Å²) in [5, 5.41) is 0. The Morgan fingerprint density at radius 1 is 0.971 bits per heavy atom. The number of hydrogen-bond donors (Lipinski definition) is 2. The van der Waals surface area contributed by atoms with Gasteiger partial charge in [-0.25, -0.2) is 0 Å². The van der Waals surface area contributed by atoms with E-state index < -0.39 is 62.3 Å². The highest BCUT2D eigenvalue weighted by molar-refractivity contribution is 6.85. The smallest absolute Gasteiger partial charge is 0.460 e. The van der Waals surface area contributed by atoms with Crippen molar-refractivity contribution in [2.75, 3.05) is 27.9 Å². The molecule has 0 spiro atoms. The third-order valence-electron chi connectivity index (χ3n) is 7.00. The molecule has 1 fully saturated rings. The van der Waals surface area contributed by atoms with Crippen molar-refractivity contribution in [3.63, 3.8) is 0 Å². The largest absolute Gasteiger partial charge is 0.499 e. The molecule has 1 rings (SSSR count). The first-order valence-corrected chi connectivity index (χ1v) is 29.1. The average molecular weight is 599 g/mol. The third kappa shape index (κ3) is 13.0. The standard InChI is InChI=1S/C20H54N2O5Si7/c1-10-31(5,6)26-29-15-18-33(9)17-12-11-13-21-30(22-33)16-14-28-27-32(7,8)19-20-34(23-2,24-3)25-4/h10,21-22,30H,1,11-20,28-29H2,2-9H3. The lowest BCUT2D eigenvalue weighted by atomic mass is 10.3. The van der Waals surface area contributed by atoms with Gasteiger partial charge in [0.2, 0.25) is 0 Å². The summed E-state index contributed by atoms with van der Waals surface area (Å²) in [4.78, 5) is 3.94. The molecular formula is C20H54N2O5Si7. The van der Waals surface area contributed by atoms with Crippen molar-refractivity contribution >= 4 is 62.3 Å². The fraction of sp³-hybridized carbons (Fsp3) is 0.900. The summed E-state index contributed by atoms with van der Waals surface area (Å²) in [5.74, 6) is 0. The van der Waals surface area contributed by atoms with Gasteiger partial charge in [-0.05, 0) is 75.4 Å². The van der Waals surface area contributed by atoms with Crippen molar-refractivity contribution in [1.29, 1.82) is 0 Å². The molecule has 0 aromatic rings. The quantitative estimate of drug-likeness (QED) is 0.197. The zero-order valence-corrected chi connectivity index (χ0v) is 31.4. The predicted molar refractivity (Wildman–Crippen MR) is 164 cm³/mol. The molecule has 2 unspecified atom stereocenters. The Hall–Kier alpha value is 0.978. The molecule has 2 N–H and O–H groups in total. The zero-order valence-electron chi connectivity index (χ0n) is 23.4. The van der Waals surface area contributed by atoms with Gasteiger partial charge in [-0.2, -0.15) is 0 Å². The molecule has 0 aromatic carbocycles. The molecule has 7 nitrogen and oxygen atoms in total. The summed E-state index contributed by atoms with van der Waals surface area (Å²) in [6.45, 7) is 16.9. The molecule has 1 heterocycles. The maximum atomic E-state index is 6.58. The van der Waals surface area contributed by atoms with E-state index >= 15 is 0 Å². The van der Waals surface area contributed by atoms with Crippen LogP contribution in [0.5, 0.6) is 0 Å². The van der Waals surface area contributed by atoms with Crippen LogP contribution in [0.4, 0.5) is 0 Å². The maximum absolute atomic E-state index is 6.58. The summed E-state index contributed by atoms with van der Waals surface area (Å²) in [6.07, 6.45) is 2.70. The van der Waals surface area contributed by atoms with E-state index in [1.165, 1.54) is 49.6 Å². The number of hydrogen-bond acceptors (Lipinski definition) is 7. The van der Waals surface area contributed by atoms with Crippen LogP contribution in [0.3, 0.4) is 0 Å². The first-order valence-electron chi connectivity index (χ1n) is 13.0. The van der Waals surface area contributed by atoms with E-state index in [9.17, 15) is 0 Å². The lowest BCUT2D eigenvalue weighted by molar-refractivity contribution is 0.125. The van der Waals surface area contributed by atoms with Gasteiger partial charge in [-0.1, -0.05) is 18.7 Å². The van der Waals surface area contributed by atoms with Crippen molar-refractivity contribution in [2.45, 2.75) is 87.9 Å². The Labute approximate surface area is 220 Å². The molecule has 14 heteroatoms. The van der Waals surface area contributed by atoms with Crippen LogP contribution in [-0.2, 0) is 21.5 Å². The van der Waals surface area contributed by atoms with Gasteiger partial charge >= 0.3 is 8.80 Å². The van der Waals surface area contributed by atoms with Crippen molar-refractivity contribution in [2.24, 2.45) is 0 Å². The van der Waals surface area contributed by atoms with Crippen LogP contribution >= 0.6 is 0 Å². The monoisotopic (exact) mass is 598 g/mol. The topological polar surface area (TPSA) is 70.2 Å². The van der Waals surface area contributed by atoms with Crippen molar-refractivity contribution < 1.29 is 21.5 Å². The molecule has 2 atom stereocenters. The van der Waals surface area contributed by atoms with Crippen molar-refractivity contribution in [3.8, 4) is 0 Å². The third-order valence-corrected chi connectivity index (χ3v) is 32.1. The molecule has 0 aliphatic carbocycles. The summed E-state index contributed by atoms with van der Waals surface area (Å²) in [7, 11) is -4.17. The molecular weight excluding hydrogens is 545 g/mol. The van der Waals surface area contributed by atoms with Crippen LogP contribution < -0.4 is 9.63 Å². The molecule has 0 aromatic heterocycles. The SMILES string of the molecule is C=C[Si](C)(C)O[SiH2]CC[Si]1(C)CCCCN[SiH](CC[SiH2]O[Si](C)(C)CC[Si](OC)(OC)OC)N1. The van der Waals surface area contributed by atoms with E-state index in [1.807, 2.05) is 0 Å². The minimum absolute atomic E-state index is 0.432. The van der Waals surface area contributed by atoms with E-state index in [4.69, 9.17) is 21.5 Å². The van der Waals surface area contributed by atoms with E-state index in [1.54, 1.807) is 21.3 Å². The van der Waals surface area contributed by atoms with Crippen molar-refractivity contribution in [3.05, 3.63) is 12.3 Å². The lowest BCUT2D eigenvalue weighted by Gasteiger charge is -2.36. The molecule has 34 heavy (non-hydrogen) atoms. The Morgan fingerprint density at radius 2 is 1.62 bits per heavy atom. The Kier molecular flexibility index (Phi) is 15.6. The predicted octanol–water partition coefficient (Wildman–Crippen LogP) is 2.81. The fourth-order valence-electron chi connectivity index (χ4n) is 4.41. The first-order chi connectivity index (χ1) is 15.9. The molecule has 0 bridgehead atoms. The van der Waals surface area contributed by atoms with Gasteiger partial charge in [0.15, 0.2) is 25.8 Å². The summed E-state index contributed by atoms with van der Waals surface area (Å²) in [5.41, 5.74) is 2.07. The van der Waals surface area contributed by atoms with Crippen LogP contribution in [0.1, 0.15) is 12.8 Å². The van der Waals surface area contributed by atoms with Crippen LogP contribution in [0.25, 0.3) is 0 Å². The highest BCUT2D eigenvalue weighted by atomic mass is 28.4. The van der Waals surface area contributed by atoms with Gasteiger partial charge in [0.25, 0.3) is 0 Å². The first kappa shape index (κ1) is 33.0. The molecule has 1 aliphatic rings. The Morgan fingerprint density at radius 3 is 2.24 bits per heavy atom. The summed E-state index contributed by atoms with van der Waals surface area (Å²) in [6, 6.07) is 8.58. The van der Waals surface area contributed by atoms with Gasteiger partial charge in [-0.15, -0.1) is 6.58 Å². The number of rotatable bonds is 17. The van der Waals surface area contributed by atoms with Crippen LogP contribution in [0.2, 0.25) is 75.0 Å². The van der Waals surface area contributed by atoms with Gasteiger partial charge in [0, 0.05) is 27.4 Å². The van der Waals surface area contributed by atoms with Gasteiger partial charge in [0.1, 0.15) is 27.8 Å². The second kappa shape index (κ2) is 16.1. The van der Waals surface area contributed by atoms with Crippen LogP contribution in [0, 0.1) is 0 Å². The van der Waals surface area contributed by atoms with E-state index in [2.05, 4.69) is 54.6 Å². The maximum Gasteiger partial charge on any atom is 0.499 e. The number of nitrogens with one attached hydrogen (secondary N) is 2. The van der Waals surface area contributed by atoms with Gasteiger partial charge in [0.05, 0.1) is 0 Å². The summed E-state index contributed by atoms with van der Waals surface area (Å²) >= 11 is 0. The normalized spacial score (nSPS) is 23.6. The average Bonchev–Trinajstić information content (AvgIpc) is 2.79. The molecule has 1 aliphatic heterocycles. The van der Waals surface area contributed by atoms with Gasteiger partial charge < -0.3 is 31.1 Å². The summed E-state index contributed by atoms with van der Waals surface area (Å²) < 4.78 is 33.9. The van der Waals surface area contributed by atoms with Gasteiger partial charge in [-0.3, -0.25) is 0 Å². The minimum atomic E-state index is -2.50. The molecule has 1 saturated heterocycles. The van der Waals surface area contributed by atoms with E-state index in [-0.39, 0.29) is 0 Å². The zero-order chi connectivity index (χ0) is 25.7. The van der Waals surface area contributed by atoms with E-state index in [0.29, 0.717) is 0 Å². The molecule has 202 valence electrons. The minimum Gasteiger partial charge on any atom is -0.460 e. The van der Waals surface area contributed by atoms with E-state index in [0.717, 1.165) is 12.1 Å². The highest BCUT2D eigenvalue weighted by Gasteiger charge is 2.40. The molecule has 0 radical (unpaired) electrons. The second-order valence-electron chi connectivity index (χ2n) is 11.0. The lowest BCUT2D eigenvalue weighted by Crippen LogP contribution is -2.61. The molecule has 0 saturated carbocycles. The van der Waals surface area contributed by atoms with Crippen LogP contribution in [0.15, 0.2) is 12.3 Å².